The monoisotopic (exact) mass is 182 g/mol. The molecule has 0 spiro atoms. The third kappa shape index (κ3) is 1.44. The van der Waals surface area contributed by atoms with Gasteiger partial charge in [0.25, 0.3) is 0 Å². The molecule has 12 heavy (non-hydrogen) atoms. The van der Waals surface area contributed by atoms with Crippen LogP contribution in [0.25, 0.3) is 0 Å². The van der Waals surface area contributed by atoms with Gasteiger partial charge in [-0.05, 0) is 12.8 Å². The summed E-state index contributed by atoms with van der Waals surface area (Å²) in [6.45, 7) is 4.31. The van der Waals surface area contributed by atoms with E-state index in [1.54, 1.807) is 11.8 Å². The van der Waals surface area contributed by atoms with Crippen LogP contribution < -0.4 is 5.73 Å². The summed E-state index contributed by atoms with van der Waals surface area (Å²) in [6.07, 6.45) is 3.02. The molecule has 1 heterocycles. The standard InChI is InChI=1S/C9H14N2S/c1-3-9(4-2)5-7(6-10)8(11)12-9/h3-5,11H2,1-2H3. The molecule has 0 unspecified atom stereocenters. The summed E-state index contributed by atoms with van der Waals surface area (Å²) in [7, 11) is 0. The van der Waals surface area contributed by atoms with Crippen LogP contribution in [0.15, 0.2) is 10.6 Å². The van der Waals surface area contributed by atoms with Crippen molar-refractivity contribution in [2.24, 2.45) is 5.73 Å². The number of nitriles is 1. The second-order valence-electron chi connectivity index (χ2n) is 3.12. The van der Waals surface area contributed by atoms with Crippen LogP contribution in [0.2, 0.25) is 0 Å². The normalized spacial score (nSPS) is 21.1. The molecule has 3 heteroatoms. The smallest absolute Gasteiger partial charge is 0.0974 e. The van der Waals surface area contributed by atoms with E-state index in [1.165, 1.54) is 0 Å². The lowest BCUT2D eigenvalue weighted by atomic mass is 9.95. The van der Waals surface area contributed by atoms with Gasteiger partial charge in [0.05, 0.1) is 16.7 Å². The lowest BCUT2D eigenvalue weighted by molar-refractivity contribution is 0.557. The molecule has 0 aliphatic carbocycles. The maximum atomic E-state index is 8.76. The largest absolute Gasteiger partial charge is 0.393 e. The summed E-state index contributed by atoms with van der Waals surface area (Å²) in [6, 6.07) is 2.17. The lowest BCUT2D eigenvalue weighted by Crippen LogP contribution is -2.19. The second-order valence-corrected chi connectivity index (χ2v) is 4.63. The maximum Gasteiger partial charge on any atom is 0.0974 e. The first kappa shape index (κ1) is 9.47. The quantitative estimate of drug-likeness (QED) is 0.713. The fourth-order valence-electron chi connectivity index (χ4n) is 1.48. The van der Waals surface area contributed by atoms with E-state index in [9.17, 15) is 0 Å². The number of hydrogen-bond acceptors (Lipinski definition) is 3. The number of hydrogen-bond donors (Lipinski definition) is 1. The maximum absolute atomic E-state index is 8.76. The average molecular weight is 182 g/mol. The van der Waals surface area contributed by atoms with Crippen LogP contribution in [-0.2, 0) is 0 Å². The van der Waals surface area contributed by atoms with Gasteiger partial charge in [0.1, 0.15) is 0 Å². The molecule has 1 aliphatic heterocycles. The van der Waals surface area contributed by atoms with Crippen molar-refractivity contribution >= 4 is 11.8 Å². The van der Waals surface area contributed by atoms with Crippen molar-refractivity contribution in [3.8, 4) is 6.07 Å². The Balaban J connectivity index is 2.79. The number of nitrogens with zero attached hydrogens (tertiary/aromatic N) is 1. The fraction of sp³-hybridized carbons (Fsp3) is 0.667. The topological polar surface area (TPSA) is 49.8 Å². The van der Waals surface area contributed by atoms with Crippen LogP contribution in [-0.4, -0.2) is 4.75 Å². The van der Waals surface area contributed by atoms with Gasteiger partial charge >= 0.3 is 0 Å². The molecule has 1 aliphatic rings. The molecule has 0 aromatic heterocycles. The van der Waals surface area contributed by atoms with Gasteiger partial charge in [-0.15, -0.1) is 11.8 Å². The Labute approximate surface area is 77.8 Å². The lowest BCUT2D eigenvalue weighted by Gasteiger charge is -2.24. The highest BCUT2D eigenvalue weighted by molar-refractivity contribution is 8.04. The zero-order valence-electron chi connectivity index (χ0n) is 7.55. The Hall–Kier alpha value is -0.620. The molecule has 0 saturated carbocycles. The molecule has 2 N–H and O–H groups in total. The molecule has 0 bridgehead atoms. The van der Waals surface area contributed by atoms with E-state index in [0.717, 1.165) is 29.9 Å². The Morgan fingerprint density at radius 2 is 2.17 bits per heavy atom. The number of nitrogens with two attached hydrogens (primary N) is 1. The molecule has 0 fully saturated rings. The summed E-state index contributed by atoms with van der Waals surface area (Å²) in [5.41, 5.74) is 6.52. The van der Waals surface area contributed by atoms with Gasteiger partial charge in [-0.3, -0.25) is 0 Å². The van der Waals surface area contributed by atoms with E-state index in [-0.39, 0.29) is 4.75 Å². The third-order valence-corrected chi connectivity index (χ3v) is 4.17. The molecule has 66 valence electrons. The van der Waals surface area contributed by atoms with Crippen molar-refractivity contribution in [1.82, 2.24) is 0 Å². The van der Waals surface area contributed by atoms with Gasteiger partial charge in [0.2, 0.25) is 0 Å². The van der Waals surface area contributed by atoms with Crippen LogP contribution in [0.4, 0.5) is 0 Å². The fourth-order valence-corrected chi connectivity index (χ4v) is 2.69. The Bertz CT molecular complexity index is 246. The molecule has 2 nitrogen and oxygen atoms in total. The SMILES string of the molecule is CCC1(CC)CC(C#N)=C(N)S1. The van der Waals surface area contributed by atoms with Crippen molar-refractivity contribution < 1.29 is 0 Å². The number of allylic oxidation sites excluding steroid dienone is 1. The van der Waals surface area contributed by atoms with E-state index in [0.29, 0.717) is 0 Å². The van der Waals surface area contributed by atoms with Crippen molar-refractivity contribution in [2.75, 3.05) is 0 Å². The van der Waals surface area contributed by atoms with Crippen molar-refractivity contribution in [3.05, 3.63) is 10.6 Å². The minimum atomic E-state index is 0.217. The van der Waals surface area contributed by atoms with E-state index < -0.39 is 0 Å². The number of thioether (sulfide) groups is 1. The van der Waals surface area contributed by atoms with Crippen molar-refractivity contribution in [1.29, 1.82) is 5.26 Å². The molecular weight excluding hydrogens is 168 g/mol. The zero-order chi connectivity index (χ0) is 9.19. The molecule has 0 aromatic carbocycles. The van der Waals surface area contributed by atoms with Crippen LogP contribution in [0.1, 0.15) is 33.1 Å². The van der Waals surface area contributed by atoms with E-state index >= 15 is 0 Å². The molecular formula is C9H14N2S. The van der Waals surface area contributed by atoms with E-state index in [2.05, 4.69) is 19.9 Å². The van der Waals surface area contributed by atoms with Gasteiger partial charge < -0.3 is 5.73 Å². The molecule has 0 radical (unpaired) electrons. The van der Waals surface area contributed by atoms with Gasteiger partial charge in [-0.1, -0.05) is 13.8 Å². The molecule has 0 amide bonds. The summed E-state index contributed by atoms with van der Waals surface area (Å²) in [5.74, 6) is 0. The van der Waals surface area contributed by atoms with Crippen LogP contribution in [0.3, 0.4) is 0 Å². The van der Waals surface area contributed by atoms with Gasteiger partial charge in [-0.2, -0.15) is 5.26 Å². The predicted octanol–water partition coefficient (Wildman–Crippen LogP) is 2.38. The van der Waals surface area contributed by atoms with Crippen LogP contribution in [0, 0.1) is 11.3 Å². The molecule has 0 aromatic rings. The number of rotatable bonds is 2. The summed E-state index contributed by atoms with van der Waals surface area (Å²) < 4.78 is 0.217. The van der Waals surface area contributed by atoms with Gasteiger partial charge in [0.15, 0.2) is 0 Å². The Morgan fingerprint density at radius 3 is 2.42 bits per heavy atom. The van der Waals surface area contributed by atoms with E-state index in [4.69, 9.17) is 11.0 Å². The van der Waals surface area contributed by atoms with Gasteiger partial charge in [-0.25, -0.2) is 0 Å². The van der Waals surface area contributed by atoms with Gasteiger partial charge in [0, 0.05) is 11.2 Å². The first-order valence-corrected chi connectivity index (χ1v) is 5.07. The van der Waals surface area contributed by atoms with Crippen molar-refractivity contribution in [3.63, 3.8) is 0 Å². The molecule has 1 rings (SSSR count). The van der Waals surface area contributed by atoms with Crippen LogP contribution in [0.5, 0.6) is 0 Å². The van der Waals surface area contributed by atoms with E-state index in [1.807, 2.05) is 0 Å². The predicted molar refractivity (Wildman–Crippen MR) is 52.3 cm³/mol. The van der Waals surface area contributed by atoms with Crippen LogP contribution >= 0.6 is 11.8 Å². The second kappa shape index (κ2) is 3.40. The summed E-state index contributed by atoms with van der Waals surface area (Å²) >= 11 is 1.68. The highest BCUT2D eigenvalue weighted by Crippen LogP contribution is 2.47. The summed E-state index contributed by atoms with van der Waals surface area (Å²) in [4.78, 5) is 0. The first-order valence-electron chi connectivity index (χ1n) is 4.25. The zero-order valence-corrected chi connectivity index (χ0v) is 8.37. The summed E-state index contributed by atoms with van der Waals surface area (Å²) in [5, 5.41) is 9.50. The Kier molecular flexibility index (Phi) is 2.69. The van der Waals surface area contributed by atoms with Crippen molar-refractivity contribution in [2.45, 2.75) is 37.9 Å². The molecule has 0 saturated heterocycles. The average Bonchev–Trinajstić information content (AvgIpc) is 2.43. The minimum absolute atomic E-state index is 0.217. The first-order chi connectivity index (χ1) is 5.67. The highest BCUT2D eigenvalue weighted by Gasteiger charge is 2.35. The minimum Gasteiger partial charge on any atom is -0.393 e. The Morgan fingerprint density at radius 1 is 1.58 bits per heavy atom. The third-order valence-electron chi connectivity index (χ3n) is 2.55. The highest BCUT2D eigenvalue weighted by atomic mass is 32.2. The molecule has 0 atom stereocenters.